The third-order valence-electron chi connectivity index (χ3n) is 5.27. The van der Waals surface area contributed by atoms with Gasteiger partial charge in [-0.25, -0.2) is 0 Å². The number of piperazine rings is 1. The highest BCUT2D eigenvalue weighted by molar-refractivity contribution is 5.81. The Kier molecular flexibility index (Phi) is 3.34. The average molecular weight is 285 g/mol. The number of para-hydroxylation sites is 1. The van der Waals surface area contributed by atoms with Gasteiger partial charge in [-0.1, -0.05) is 18.2 Å². The Morgan fingerprint density at radius 2 is 2.10 bits per heavy atom. The van der Waals surface area contributed by atoms with Crippen LogP contribution in [0.25, 0.3) is 0 Å². The molecule has 4 nitrogen and oxygen atoms in total. The van der Waals surface area contributed by atoms with Crippen LogP contribution in [0.1, 0.15) is 18.4 Å². The zero-order valence-electron chi connectivity index (χ0n) is 12.4. The Labute approximate surface area is 126 Å². The summed E-state index contributed by atoms with van der Waals surface area (Å²) in [6.07, 6.45) is 3.44. The minimum atomic E-state index is 0.104. The molecular formula is C17H23N3O. The van der Waals surface area contributed by atoms with E-state index in [1.54, 1.807) is 0 Å². The SMILES string of the molecule is O=C(C1CNc2ccccc2C1)N1CCN2CCCC2C1. The number of amides is 1. The van der Waals surface area contributed by atoms with Crippen molar-refractivity contribution in [1.82, 2.24) is 9.80 Å². The predicted molar refractivity (Wildman–Crippen MR) is 83.3 cm³/mol. The molecule has 1 aromatic rings. The van der Waals surface area contributed by atoms with Gasteiger partial charge in [0.05, 0.1) is 5.92 Å². The second-order valence-electron chi connectivity index (χ2n) is 6.56. The monoisotopic (exact) mass is 285 g/mol. The molecule has 112 valence electrons. The van der Waals surface area contributed by atoms with E-state index >= 15 is 0 Å². The van der Waals surface area contributed by atoms with Gasteiger partial charge in [0.15, 0.2) is 0 Å². The molecule has 0 radical (unpaired) electrons. The summed E-state index contributed by atoms with van der Waals surface area (Å²) < 4.78 is 0. The van der Waals surface area contributed by atoms with E-state index < -0.39 is 0 Å². The summed E-state index contributed by atoms with van der Waals surface area (Å²) >= 11 is 0. The van der Waals surface area contributed by atoms with Crippen molar-refractivity contribution < 1.29 is 4.79 Å². The van der Waals surface area contributed by atoms with E-state index in [1.165, 1.54) is 30.6 Å². The quantitative estimate of drug-likeness (QED) is 0.851. The summed E-state index contributed by atoms with van der Waals surface area (Å²) in [6, 6.07) is 8.97. The standard InChI is InChI=1S/C17H23N3O/c21-17(20-9-8-19-7-3-5-15(19)12-20)14-10-13-4-1-2-6-16(13)18-11-14/h1-2,4,6,14-15,18H,3,5,7-12H2. The van der Waals surface area contributed by atoms with E-state index in [0.717, 1.165) is 32.6 Å². The van der Waals surface area contributed by atoms with Crippen LogP contribution >= 0.6 is 0 Å². The first-order valence-corrected chi connectivity index (χ1v) is 8.16. The topological polar surface area (TPSA) is 35.6 Å². The zero-order valence-corrected chi connectivity index (χ0v) is 12.4. The molecule has 1 amide bonds. The summed E-state index contributed by atoms with van der Waals surface area (Å²) in [5, 5.41) is 3.42. The van der Waals surface area contributed by atoms with Gasteiger partial charge in [-0.05, 0) is 37.4 Å². The van der Waals surface area contributed by atoms with Crippen LogP contribution in [0.2, 0.25) is 0 Å². The molecule has 2 saturated heterocycles. The number of nitrogens with one attached hydrogen (secondary N) is 1. The van der Waals surface area contributed by atoms with Gasteiger partial charge in [-0.2, -0.15) is 0 Å². The molecule has 1 aromatic carbocycles. The molecule has 0 spiro atoms. The molecule has 2 unspecified atom stereocenters. The number of carbonyl (C=O) groups excluding carboxylic acids is 1. The lowest BCUT2D eigenvalue weighted by molar-refractivity contribution is -0.137. The summed E-state index contributed by atoms with van der Waals surface area (Å²) in [4.78, 5) is 17.5. The summed E-state index contributed by atoms with van der Waals surface area (Å²) in [5.41, 5.74) is 2.48. The number of benzene rings is 1. The second kappa shape index (κ2) is 5.34. The smallest absolute Gasteiger partial charge is 0.227 e. The van der Waals surface area contributed by atoms with Gasteiger partial charge in [0.2, 0.25) is 5.91 Å². The van der Waals surface area contributed by atoms with Crippen molar-refractivity contribution in [2.24, 2.45) is 5.92 Å². The maximum absolute atomic E-state index is 12.8. The van der Waals surface area contributed by atoms with Crippen LogP contribution in [-0.4, -0.2) is 54.5 Å². The highest BCUT2D eigenvalue weighted by Gasteiger charge is 2.35. The minimum absolute atomic E-state index is 0.104. The number of anilines is 1. The molecule has 0 aromatic heterocycles. The number of rotatable bonds is 1. The Hall–Kier alpha value is -1.55. The maximum Gasteiger partial charge on any atom is 0.227 e. The van der Waals surface area contributed by atoms with Crippen LogP contribution in [0.15, 0.2) is 24.3 Å². The van der Waals surface area contributed by atoms with Crippen LogP contribution in [0, 0.1) is 5.92 Å². The first kappa shape index (κ1) is 13.1. The molecule has 0 bridgehead atoms. The molecular weight excluding hydrogens is 262 g/mol. The van der Waals surface area contributed by atoms with Gasteiger partial charge in [0.25, 0.3) is 0 Å². The van der Waals surface area contributed by atoms with Crippen molar-refractivity contribution in [3.05, 3.63) is 29.8 Å². The molecule has 0 aliphatic carbocycles. The molecule has 2 fully saturated rings. The molecule has 2 atom stereocenters. The highest BCUT2D eigenvalue weighted by atomic mass is 16.2. The van der Waals surface area contributed by atoms with Gasteiger partial charge in [-0.15, -0.1) is 0 Å². The number of fused-ring (bicyclic) bond motifs is 2. The van der Waals surface area contributed by atoms with Crippen molar-refractivity contribution in [1.29, 1.82) is 0 Å². The van der Waals surface area contributed by atoms with Crippen LogP contribution in [0.3, 0.4) is 0 Å². The number of carbonyl (C=O) groups is 1. The molecule has 4 rings (SSSR count). The Bertz CT molecular complexity index is 545. The third kappa shape index (κ3) is 2.42. The molecule has 3 aliphatic heterocycles. The van der Waals surface area contributed by atoms with Crippen molar-refractivity contribution in [3.63, 3.8) is 0 Å². The van der Waals surface area contributed by atoms with Crippen molar-refractivity contribution in [3.8, 4) is 0 Å². The minimum Gasteiger partial charge on any atom is -0.384 e. The van der Waals surface area contributed by atoms with E-state index in [-0.39, 0.29) is 5.92 Å². The van der Waals surface area contributed by atoms with Crippen LogP contribution in [0.4, 0.5) is 5.69 Å². The lowest BCUT2D eigenvalue weighted by atomic mass is 9.92. The predicted octanol–water partition coefficient (Wildman–Crippen LogP) is 1.58. The normalized spacial score (nSPS) is 28.7. The van der Waals surface area contributed by atoms with Crippen LogP contribution < -0.4 is 5.32 Å². The second-order valence-corrected chi connectivity index (χ2v) is 6.56. The number of hydrogen-bond donors (Lipinski definition) is 1. The fourth-order valence-corrected chi connectivity index (χ4v) is 4.07. The molecule has 21 heavy (non-hydrogen) atoms. The fraction of sp³-hybridized carbons (Fsp3) is 0.588. The molecule has 4 heteroatoms. The Balaban J connectivity index is 1.44. The summed E-state index contributed by atoms with van der Waals surface area (Å²) in [5.74, 6) is 0.455. The lowest BCUT2D eigenvalue weighted by Gasteiger charge is -2.39. The van der Waals surface area contributed by atoms with E-state index in [1.807, 2.05) is 6.07 Å². The first-order chi connectivity index (χ1) is 10.3. The van der Waals surface area contributed by atoms with E-state index in [9.17, 15) is 4.79 Å². The van der Waals surface area contributed by atoms with E-state index in [0.29, 0.717) is 11.9 Å². The largest absolute Gasteiger partial charge is 0.384 e. The summed E-state index contributed by atoms with van der Waals surface area (Å²) in [6.45, 7) is 4.92. The van der Waals surface area contributed by atoms with Crippen LogP contribution in [0.5, 0.6) is 0 Å². The lowest BCUT2D eigenvalue weighted by Crippen LogP contribution is -2.54. The van der Waals surface area contributed by atoms with Crippen molar-refractivity contribution in [2.45, 2.75) is 25.3 Å². The van der Waals surface area contributed by atoms with Gasteiger partial charge >= 0.3 is 0 Å². The average Bonchev–Trinajstić information content (AvgIpc) is 3.01. The zero-order chi connectivity index (χ0) is 14.2. The molecule has 0 saturated carbocycles. The fourth-order valence-electron chi connectivity index (χ4n) is 4.07. The Morgan fingerprint density at radius 1 is 1.19 bits per heavy atom. The van der Waals surface area contributed by atoms with Crippen molar-refractivity contribution in [2.75, 3.05) is 38.0 Å². The molecule has 1 N–H and O–H groups in total. The molecule has 3 heterocycles. The number of nitrogens with zero attached hydrogens (tertiary/aromatic N) is 2. The molecule has 3 aliphatic rings. The highest BCUT2D eigenvalue weighted by Crippen LogP contribution is 2.27. The Morgan fingerprint density at radius 3 is 3.05 bits per heavy atom. The van der Waals surface area contributed by atoms with Crippen LogP contribution in [-0.2, 0) is 11.2 Å². The van der Waals surface area contributed by atoms with Gasteiger partial charge in [-0.3, -0.25) is 9.69 Å². The van der Waals surface area contributed by atoms with E-state index in [4.69, 9.17) is 0 Å². The first-order valence-electron chi connectivity index (χ1n) is 8.16. The van der Waals surface area contributed by atoms with Gasteiger partial charge < -0.3 is 10.2 Å². The number of hydrogen-bond acceptors (Lipinski definition) is 3. The maximum atomic E-state index is 12.8. The summed E-state index contributed by atoms with van der Waals surface area (Å²) in [7, 11) is 0. The van der Waals surface area contributed by atoms with Gasteiger partial charge in [0, 0.05) is 37.9 Å². The van der Waals surface area contributed by atoms with Crippen molar-refractivity contribution >= 4 is 11.6 Å². The van der Waals surface area contributed by atoms with E-state index in [2.05, 4.69) is 33.3 Å². The third-order valence-corrected chi connectivity index (χ3v) is 5.27. The van der Waals surface area contributed by atoms with Gasteiger partial charge in [0.1, 0.15) is 0 Å².